The molecule has 1 atom stereocenters. The van der Waals surface area contributed by atoms with Gasteiger partial charge in [-0.15, -0.1) is 0 Å². The van der Waals surface area contributed by atoms with Crippen molar-refractivity contribution in [3.05, 3.63) is 28.2 Å². The van der Waals surface area contributed by atoms with E-state index in [1.165, 1.54) is 0 Å². The molecule has 5 nitrogen and oxygen atoms in total. The number of hydrogen-bond donors (Lipinski definition) is 1. The van der Waals surface area contributed by atoms with Crippen molar-refractivity contribution in [1.82, 2.24) is 4.90 Å². The molecule has 1 fully saturated rings. The maximum atomic E-state index is 12.1. The molecule has 1 aliphatic rings. The van der Waals surface area contributed by atoms with E-state index in [2.05, 4.69) is 0 Å². The van der Waals surface area contributed by atoms with Crippen molar-refractivity contribution in [2.24, 2.45) is 5.41 Å². The highest BCUT2D eigenvalue weighted by Gasteiger charge is 2.41. The average Bonchev–Trinajstić information content (AvgIpc) is 2.91. The molecule has 1 aliphatic heterocycles. The third-order valence-electron chi connectivity index (χ3n) is 4.05. The molecule has 2 rings (SSSR count). The van der Waals surface area contributed by atoms with Crippen LogP contribution in [0.15, 0.2) is 18.2 Å². The minimum absolute atomic E-state index is 0.0456. The molecule has 0 aliphatic carbocycles. The Morgan fingerprint density at radius 1 is 1.39 bits per heavy atom. The Morgan fingerprint density at radius 3 is 2.78 bits per heavy atom. The maximum absolute atomic E-state index is 12.1. The summed E-state index contributed by atoms with van der Waals surface area (Å²) < 4.78 is 5.53. The highest BCUT2D eigenvalue weighted by Crippen LogP contribution is 2.32. The van der Waals surface area contributed by atoms with Gasteiger partial charge >= 0.3 is 5.97 Å². The van der Waals surface area contributed by atoms with Crippen LogP contribution in [0.4, 0.5) is 0 Å². The smallest absolute Gasteiger partial charge is 0.311 e. The first-order valence-corrected chi connectivity index (χ1v) is 8.17. The Hall–Kier alpha value is -1.46. The summed E-state index contributed by atoms with van der Waals surface area (Å²) in [7, 11) is 0. The molecule has 0 radical (unpaired) electrons. The van der Waals surface area contributed by atoms with Crippen LogP contribution in [0.2, 0.25) is 10.0 Å². The summed E-state index contributed by atoms with van der Waals surface area (Å²) >= 11 is 11.9. The molecule has 1 saturated heterocycles. The van der Waals surface area contributed by atoms with E-state index < -0.39 is 11.4 Å². The minimum atomic E-state index is -0.855. The molecule has 0 spiro atoms. The number of benzene rings is 1. The van der Waals surface area contributed by atoms with E-state index in [4.69, 9.17) is 27.9 Å². The lowest BCUT2D eigenvalue weighted by molar-refractivity contribution is -0.147. The van der Waals surface area contributed by atoms with Crippen molar-refractivity contribution in [1.29, 1.82) is 0 Å². The zero-order valence-electron chi connectivity index (χ0n) is 12.8. The monoisotopic (exact) mass is 359 g/mol. The number of halogens is 2. The van der Waals surface area contributed by atoms with E-state index in [0.29, 0.717) is 48.2 Å². The molecule has 1 N–H and O–H groups in total. The second-order valence-corrected chi connectivity index (χ2v) is 6.72. The highest BCUT2D eigenvalue weighted by atomic mass is 35.5. The van der Waals surface area contributed by atoms with E-state index in [1.54, 1.807) is 30.0 Å². The molecular formula is C16H19Cl2NO4. The number of nitrogens with zero attached hydrogens (tertiary/aromatic N) is 1. The molecule has 0 aromatic heterocycles. The first kappa shape index (κ1) is 17.9. The van der Waals surface area contributed by atoms with E-state index in [9.17, 15) is 14.7 Å². The lowest BCUT2D eigenvalue weighted by atomic mass is 9.90. The number of rotatable bonds is 6. The van der Waals surface area contributed by atoms with Gasteiger partial charge in [-0.2, -0.15) is 0 Å². The van der Waals surface area contributed by atoms with E-state index in [0.717, 1.165) is 0 Å². The van der Waals surface area contributed by atoms with Gasteiger partial charge < -0.3 is 14.7 Å². The van der Waals surface area contributed by atoms with Gasteiger partial charge in [-0.25, -0.2) is 0 Å². The lowest BCUT2D eigenvalue weighted by Crippen LogP contribution is -2.34. The predicted octanol–water partition coefficient (Wildman–Crippen LogP) is 3.48. The van der Waals surface area contributed by atoms with Crippen molar-refractivity contribution >= 4 is 35.1 Å². The van der Waals surface area contributed by atoms with Crippen LogP contribution in [0, 0.1) is 5.41 Å². The quantitative estimate of drug-likeness (QED) is 0.789. The number of ether oxygens (including phenoxy) is 1. The summed E-state index contributed by atoms with van der Waals surface area (Å²) in [6, 6.07) is 5.13. The second kappa shape index (κ2) is 7.41. The zero-order valence-corrected chi connectivity index (χ0v) is 14.4. The van der Waals surface area contributed by atoms with Crippen LogP contribution in [0.5, 0.6) is 5.75 Å². The van der Waals surface area contributed by atoms with Gasteiger partial charge in [0.15, 0.2) is 0 Å². The summed E-state index contributed by atoms with van der Waals surface area (Å²) in [6.07, 6.45) is 1.33. The molecule has 126 valence electrons. The van der Waals surface area contributed by atoms with Gasteiger partial charge in [0, 0.05) is 19.5 Å². The zero-order chi connectivity index (χ0) is 17.0. The summed E-state index contributed by atoms with van der Waals surface area (Å²) in [5.74, 6) is -0.409. The topological polar surface area (TPSA) is 66.8 Å². The van der Waals surface area contributed by atoms with Crippen molar-refractivity contribution in [2.75, 3.05) is 19.7 Å². The fourth-order valence-electron chi connectivity index (χ4n) is 2.51. The van der Waals surface area contributed by atoms with Gasteiger partial charge in [-0.05, 0) is 31.9 Å². The summed E-state index contributed by atoms with van der Waals surface area (Å²) in [5.41, 5.74) is -0.833. The molecule has 1 aromatic rings. The molecule has 0 saturated carbocycles. The third kappa shape index (κ3) is 4.30. The Labute approximate surface area is 145 Å². The van der Waals surface area contributed by atoms with Crippen LogP contribution in [-0.4, -0.2) is 41.6 Å². The van der Waals surface area contributed by atoms with Gasteiger partial charge in [0.05, 0.1) is 17.0 Å². The number of likely N-dealkylation sites (tertiary alicyclic amines) is 1. The predicted molar refractivity (Wildman–Crippen MR) is 88.1 cm³/mol. The standard InChI is InChI=1S/C16H19Cl2NO4/c1-16(15(21)22)7-8-19(10-16)13(20)6-3-9-23-12-5-2-4-11(17)14(12)18/h2,4-5H,3,6-10H2,1H3,(H,21,22). The van der Waals surface area contributed by atoms with Gasteiger partial charge in [-0.1, -0.05) is 29.3 Å². The molecule has 1 heterocycles. The van der Waals surface area contributed by atoms with Crippen LogP contribution in [0.25, 0.3) is 0 Å². The van der Waals surface area contributed by atoms with E-state index in [1.807, 2.05) is 0 Å². The molecule has 0 bridgehead atoms. The van der Waals surface area contributed by atoms with Gasteiger partial charge in [0.2, 0.25) is 5.91 Å². The van der Waals surface area contributed by atoms with Crippen LogP contribution in [0.3, 0.4) is 0 Å². The molecule has 1 unspecified atom stereocenters. The molecule has 7 heteroatoms. The summed E-state index contributed by atoms with van der Waals surface area (Å²) in [4.78, 5) is 24.9. The van der Waals surface area contributed by atoms with Gasteiger partial charge in [0.1, 0.15) is 10.8 Å². The Morgan fingerprint density at radius 2 is 2.13 bits per heavy atom. The first-order chi connectivity index (χ1) is 10.8. The van der Waals surface area contributed by atoms with E-state index >= 15 is 0 Å². The number of carbonyl (C=O) groups excluding carboxylic acids is 1. The summed E-state index contributed by atoms with van der Waals surface area (Å²) in [6.45, 7) is 2.77. The number of amides is 1. The molecule has 23 heavy (non-hydrogen) atoms. The van der Waals surface area contributed by atoms with Crippen LogP contribution in [-0.2, 0) is 9.59 Å². The second-order valence-electron chi connectivity index (χ2n) is 5.94. The fraction of sp³-hybridized carbons (Fsp3) is 0.500. The number of carboxylic acids is 1. The minimum Gasteiger partial charge on any atom is -0.492 e. The number of aliphatic carboxylic acids is 1. The number of carboxylic acid groups (broad SMARTS) is 1. The normalized spacial score (nSPS) is 20.6. The fourth-order valence-corrected chi connectivity index (χ4v) is 2.85. The Balaban J connectivity index is 1.76. The first-order valence-electron chi connectivity index (χ1n) is 7.41. The number of carbonyl (C=O) groups is 2. The molecular weight excluding hydrogens is 341 g/mol. The largest absolute Gasteiger partial charge is 0.492 e. The maximum Gasteiger partial charge on any atom is 0.311 e. The molecule has 1 aromatic carbocycles. The van der Waals surface area contributed by atoms with Crippen LogP contribution < -0.4 is 4.74 Å². The van der Waals surface area contributed by atoms with Crippen molar-refractivity contribution in [2.45, 2.75) is 26.2 Å². The van der Waals surface area contributed by atoms with Crippen molar-refractivity contribution in [3.63, 3.8) is 0 Å². The number of hydrogen-bond acceptors (Lipinski definition) is 3. The SMILES string of the molecule is CC1(C(=O)O)CCN(C(=O)CCCOc2cccc(Cl)c2Cl)C1. The van der Waals surface area contributed by atoms with Crippen molar-refractivity contribution < 1.29 is 19.4 Å². The van der Waals surface area contributed by atoms with Crippen LogP contribution in [0.1, 0.15) is 26.2 Å². The lowest BCUT2D eigenvalue weighted by Gasteiger charge is -2.20. The highest BCUT2D eigenvalue weighted by molar-refractivity contribution is 6.42. The average molecular weight is 360 g/mol. The Kier molecular flexibility index (Phi) is 5.76. The van der Waals surface area contributed by atoms with Gasteiger partial charge in [0.25, 0.3) is 0 Å². The van der Waals surface area contributed by atoms with Crippen molar-refractivity contribution in [3.8, 4) is 5.75 Å². The van der Waals surface area contributed by atoms with E-state index in [-0.39, 0.29) is 12.5 Å². The molecule has 1 amide bonds. The summed E-state index contributed by atoms with van der Waals surface area (Å²) in [5, 5.41) is 9.96. The third-order valence-corrected chi connectivity index (χ3v) is 4.85. The van der Waals surface area contributed by atoms with Gasteiger partial charge in [-0.3, -0.25) is 9.59 Å². The van der Waals surface area contributed by atoms with Crippen LogP contribution >= 0.6 is 23.2 Å². The Bertz CT molecular complexity index is 608.